The van der Waals surface area contributed by atoms with E-state index in [1.165, 1.54) is 12.1 Å². The van der Waals surface area contributed by atoms with Crippen LogP contribution in [0.3, 0.4) is 0 Å². The molecule has 0 atom stereocenters. The fraction of sp³-hybridized carbons (Fsp3) is 0.531. The molecule has 2 aliphatic rings. The standard InChI is InChI=1S/C32H40FNO6/c1-2-38-32(37)24-9-17-28(18-10-24)39-26-13-5-22(6-14-26)30(35)4-3-21-34-31(36)23-7-15-27(16-8-23)40-29-19-11-25(33)12-20-29/h5-6,11-14,19-20,23-24,27-28H,2-4,7-10,15-18,21H2,1H3,(H,34,36). The molecule has 7 nitrogen and oxygen atoms in total. The summed E-state index contributed by atoms with van der Waals surface area (Å²) in [5.74, 6) is 0.961. The number of carbonyl (C=O) groups is 3. The van der Waals surface area contributed by atoms with Crippen LogP contribution < -0.4 is 14.8 Å². The van der Waals surface area contributed by atoms with Gasteiger partial charge in [0.25, 0.3) is 0 Å². The summed E-state index contributed by atoms with van der Waals surface area (Å²) in [7, 11) is 0. The fourth-order valence-electron chi connectivity index (χ4n) is 5.49. The molecule has 0 aromatic heterocycles. The molecule has 1 N–H and O–H groups in total. The minimum absolute atomic E-state index is 0.0328. The van der Waals surface area contributed by atoms with Crippen LogP contribution in [-0.4, -0.2) is 43.0 Å². The molecule has 0 aliphatic heterocycles. The van der Waals surface area contributed by atoms with Crippen LogP contribution in [0.15, 0.2) is 48.5 Å². The summed E-state index contributed by atoms with van der Waals surface area (Å²) >= 11 is 0. The average molecular weight is 554 g/mol. The number of rotatable bonds is 12. The predicted octanol–water partition coefficient (Wildman–Crippen LogP) is 6.04. The number of Topliss-reactive ketones (excluding diaryl/α,β-unsaturated/α-hetero) is 1. The molecule has 0 heterocycles. The number of benzene rings is 2. The van der Waals surface area contributed by atoms with E-state index in [2.05, 4.69) is 5.32 Å². The number of hydrogen-bond acceptors (Lipinski definition) is 6. The SMILES string of the molecule is CCOC(=O)C1CCC(Oc2ccc(C(=O)CCCNC(=O)C3CCC(Oc4ccc(F)cc4)CC3)cc2)CC1. The van der Waals surface area contributed by atoms with Crippen molar-refractivity contribution >= 4 is 17.7 Å². The minimum Gasteiger partial charge on any atom is -0.490 e. The average Bonchev–Trinajstić information content (AvgIpc) is 2.97. The zero-order valence-electron chi connectivity index (χ0n) is 23.2. The first-order valence-electron chi connectivity index (χ1n) is 14.6. The van der Waals surface area contributed by atoms with E-state index in [0.717, 1.165) is 57.1 Å². The highest BCUT2D eigenvalue weighted by Crippen LogP contribution is 2.29. The molecule has 2 saturated carbocycles. The lowest BCUT2D eigenvalue weighted by Gasteiger charge is -2.28. The molecule has 2 aromatic carbocycles. The Kier molecular flexibility index (Phi) is 11.0. The highest BCUT2D eigenvalue weighted by Gasteiger charge is 2.29. The third-order valence-electron chi connectivity index (χ3n) is 7.81. The normalized spacial score (nSPS) is 22.6. The largest absolute Gasteiger partial charge is 0.490 e. The zero-order chi connectivity index (χ0) is 28.3. The van der Waals surface area contributed by atoms with Gasteiger partial charge in [-0.25, -0.2) is 4.39 Å². The maximum Gasteiger partial charge on any atom is 0.308 e. The summed E-state index contributed by atoms with van der Waals surface area (Å²) in [5, 5.41) is 2.98. The number of ketones is 1. The molecule has 2 aromatic rings. The second-order valence-electron chi connectivity index (χ2n) is 10.7. The third kappa shape index (κ3) is 8.80. The maximum absolute atomic E-state index is 13.1. The lowest BCUT2D eigenvalue weighted by molar-refractivity contribution is -0.149. The van der Waals surface area contributed by atoms with Crippen LogP contribution >= 0.6 is 0 Å². The summed E-state index contributed by atoms with van der Waals surface area (Å²) < 4.78 is 30.2. The topological polar surface area (TPSA) is 90.9 Å². The molecule has 40 heavy (non-hydrogen) atoms. The maximum atomic E-state index is 13.1. The summed E-state index contributed by atoms with van der Waals surface area (Å²) in [6.45, 7) is 2.70. The van der Waals surface area contributed by atoms with Gasteiger partial charge in [-0.05, 0) is 113 Å². The van der Waals surface area contributed by atoms with E-state index in [1.54, 1.807) is 24.3 Å². The summed E-state index contributed by atoms with van der Waals surface area (Å²) in [4.78, 5) is 37.1. The Balaban J connectivity index is 1.09. The van der Waals surface area contributed by atoms with Gasteiger partial charge in [0.05, 0.1) is 24.7 Å². The molecule has 216 valence electrons. The van der Waals surface area contributed by atoms with E-state index >= 15 is 0 Å². The lowest BCUT2D eigenvalue weighted by atomic mass is 9.86. The summed E-state index contributed by atoms with van der Waals surface area (Å²) in [6.07, 6.45) is 7.24. The van der Waals surface area contributed by atoms with Gasteiger partial charge in [-0.15, -0.1) is 0 Å². The van der Waals surface area contributed by atoms with Gasteiger partial charge >= 0.3 is 5.97 Å². The minimum atomic E-state index is -0.291. The van der Waals surface area contributed by atoms with E-state index in [-0.39, 0.29) is 47.5 Å². The molecule has 2 fully saturated rings. The summed E-state index contributed by atoms with van der Waals surface area (Å²) in [6, 6.07) is 13.2. The van der Waals surface area contributed by atoms with Crippen LogP contribution in [0.1, 0.15) is 81.5 Å². The summed E-state index contributed by atoms with van der Waals surface area (Å²) in [5.41, 5.74) is 0.629. The van der Waals surface area contributed by atoms with Crippen molar-refractivity contribution in [2.24, 2.45) is 11.8 Å². The van der Waals surface area contributed by atoms with Crippen molar-refractivity contribution in [1.82, 2.24) is 5.32 Å². The van der Waals surface area contributed by atoms with Crippen LogP contribution in [0, 0.1) is 17.7 Å². The first-order valence-corrected chi connectivity index (χ1v) is 14.6. The Labute approximate surface area is 235 Å². The highest BCUT2D eigenvalue weighted by atomic mass is 19.1. The van der Waals surface area contributed by atoms with E-state index in [4.69, 9.17) is 14.2 Å². The molecule has 1 amide bonds. The Morgan fingerprint density at radius 3 is 1.85 bits per heavy atom. The molecule has 8 heteroatoms. The Hall–Kier alpha value is -3.42. The van der Waals surface area contributed by atoms with Crippen LogP contribution in [0.5, 0.6) is 11.5 Å². The van der Waals surface area contributed by atoms with Crippen LogP contribution in [0.25, 0.3) is 0 Å². The van der Waals surface area contributed by atoms with Gasteiger partial charge in [0.1, 0.15) is 17.3 Å². The molecule has 0 bridgehead atoms. The second-order valence-corrected chi connectivity index (χ2v) is 10.7. The van der Waals surface area contributed by atoms with E-state index in [9.17, 15) is 18.8 Å². The Morgan fingerprint density at radius 1 is 0.775 bits per heavy atom. The van der Waals surface area contributed by atoms with Crippen molar-refractivity contribution < 1.29 is 33.0 Å². The van der Waals surface area contributed by atoms with Gasteiger partial charge in [0.15, 0.2) is 5.78 Å². The van der Waals surface area contributed by atoms with E-state index in [0.29, 0.717) is 37.3 Å². The smallest absolute Gasteiger partial charge is 0.308 e. The lowest BCUT2D eigenvalue weighted by Crippen LogP contribution is -2.35. The van der Waals surface area contributed by atoms with Crippen molar-refractivity contribution in [3.8, 4) is 11.5 Å². The zero-order valence-corrected chi connectivity index (χ0v) is 23.2. The van der Waals surface area contributed by atoms with Crippen molar-refractivity contribution in [3.05, 3.63) is 59.9 Å². The van der Waals surface area contributed by atoms with Crippen molar-refractivity contribution in [3.63, 3.8) is 0 Å². The molecule has 0 saturated heterocycles. The Bertz CT molecular complexity index is 1100. The first kappa shape index (κ1) is 29.6. The molecular weight excluding hydrogens is 513 g/mol. The van der Waals surface area contributed by atoms with Crippen molar-refractivity contribution in [2.75, 3.05) is 13.2 Å². The number of carbonyl (C=O) groups excluding carboxylic acids is 3. The highest BCUT2D eigenvalue weighted by molar-refractivity contribution is 5.96. The van der Waals surface area contributed by atoms with E-state index in [1.807, 2.05) is 19.1 Å². The number of hydrogen-bond donors (Lipinski definition) is 1. The number of ether oxygens (including phenoxy) is 3. The van der Waals surface area contributed by atoms with Gasteiger partial charge in [-0.1, -0.05) is 0 Å². The van der Waals surface area contributed by atoms with Gasteiger partial charge < -0.3 is 19.5 Å². The second kappa shape index (κ2) is 14.8. The monoisotopic (exact) mass is 553 g/mol. The van der Waals surface area contributed by atoms with Gasteiger partial charge in [-0.2, -0.15) is 0 Å². The first-order chi connectivity index (χ1) is 19.4. The fourth-order valence-corrected chi connectivity index (χ4v) is 5.49. The van der Waals surface area contributed by atoms with Crippen LogP contribution in [0.2, 0.25) is 0 Å². The number of nitrogens with one attached hydrogen (secondary N) is 1. The molecule has 0 unspecified atom stereocenters. The molecule has 0 radical (unpaired) electrons. The predicted molar refractivity (Wildman–Crippen MR) is 149 cm³/mol. The van der Waals surface area contributed by atoms with Crippen molar-refractivity contribution in [1.29, 1.82) is 0 Å². The van der Waals surface area contributed by atoms with Gasteiger partial charge in [0.2, 0.25) is 5.91 Å². The molecular formula is C32H40FNO6. The van der Waals surface area contributed by atoms with Crippen LogP contribution in [0.4, 0.5) is 4.39 Å². The number of halogens is 1. The van der Waals surface area contributed by atoms with Gasteiger partial charge in [-0.3, -0.25) is 14.4 Å². The number of esters is 1. The quantitative estimate of drug-likeness (QED) is 0.196. The molecule has 4 rings (SSSR count). The van der Waals surface area contributed by atoms with Gasteiger partial charge in [0, 0.05) is 24.4 Å². The van der Waals surface area contributed by atoms with Crippen molar-refractivity contribution in [2.45, 2.75) is 83.3 Å². The number of amides is 1. The van der Waals surface area contributed by atoms with Crippen LogP contribution in [-0.2, 0) is 14.3 Å². The van der Waals surface area contributed by atoms with E-state index < -0.39 is 0 Å². The molecule has 0 spiro atoms. The third-order valence-corrected chi connectivity index (χ3v) is 7.81. The molecule has 2 aliphatic carbocycles. The Morgan fingerprint density at radius 2 is 1.30 bits per heavy atom.